The molecular formula is C15H15BrFN. The van der Waals surface area contributed by atoms with E-state index < -0.39 is 6.04 Å². The van der Waals surface area contributed by atoms with Gasteiger partial charge in [-0.15, -0.1) is 0 Å². The van der Waals surface area contributed by atoms with Gasteiger partial charge in [-0.2, -0.15) is 0 Å². The van der Waals surface area contributed by atoms with Crippen molar-refractivity contribution >= 4 is 15.9 Å². The molecule has 1 atom stereocenters. The molecule has 0 aromatic heterocycles. The molecule has 0 amide bonds. The van der Waals surface area contributed by atoms with E-state index in [2.05, 4.69) is 22.0 Å². The van der Waals surface area contributed by atoms with Crippen LogP contribution in [0.3, 0.4) is 0 Å². The van der Waals surface area contributed by atoms with Crippen LogP contribution < -0.4 is 5.73 Å². The van der Waals surface area contributed by atoms with Gasteiger partial charge in [0.05, 0.1) is 6.04 Å². The summed E-state index contributed by atoms with van der Waals surface area (Å²) in [5.41, 5.74) is 9.88. The third kappa shape index (κ3) is 2.62. The van der Waals surface area contributed by atoms with E-state index in [1.807, 2.05) is 26.0 Å². The van der Waals surface area contributed by atoms with E-state index in [9.17, 15) is 4.39 Å². The van der Waals surface area contributed by atoms with Gasteiger partial charge in [-0.25, -0.2) is 4.39 Å². The van der Waals surface area contributed by atoms with Gasteiger partial charge in [-0.3, -0.25) is 0 Å². The lowest BCUT2D eigenvalue weighted by molar-refractivity contribution is 0.597. The summed E-state index contributed by atoms with van der Waals surface area (Å²) >= 11 is 3.36. The number of nitrogens with two attached hydrogens (primary N) is 1. The van der Waals surface area contributed by atoms with Crippen LogP contribution in [0.25, 0.3) is 0 Å². The summed E-state index contributed by atoms with van der Waals surface area (Å²) in [5.74, 6) is -0.281. The highest BCUT2D eigenvalue weighted by atomic mass is 79.9. The average molecular weight is 308 g/mol. The maximum atomic E-state index is 13.9. The van der Waals surface area contributed by atoms with Crippen molar-refractivity contribution < 1.29 is 4.39 Å². The first-order chi connectivity index (χ1) is 8.49. The Bertz CT molecular complexity index is 540. The predicted molar refractivity (Wildman–Crippen MR) is 76.0 cm³/mol. The lowest BCUT2D eigenvalue weighted by atomic mass is 9.96. The summed E-state index contributed by atoms with van der Waals surface area (Å²) in [7, 11) is 0. The summed E-state index contributed by atoms with van der Waals surface area (Å²) in [5, 5.41) is 0. The second kappa shape index (κ2) is 5.21. The normalized spacial score (nSPS) is 12.5. The number of aryl methyl sites for hydroxylation is 2. The van der Waals surface area contributed by atoms with Gasteiger partial charge < -0.3 is 5.73 Å². The topological polar surface area (TPSA) is 26.0 Å². The van der Waals surface area contributed by atoms with E-state index in [1.165, 1.54) is 6.07 Å². The fraction of sp³-hybridized carbons (Fsp3) is 0.200. The minimum Gasteiger partial charge on any atom is -0.320 e. The van der Waals surface area contributed by atoms with Gasteiger partial charge in [0.1, 0.15) is 5.82 Å². The lowest BCUT2D eigenvalue weighted by Crippen LogP contribution is -2.14. The maximum Gasteiger partial charge on any atom is 0.129 e. The van der Waals surface area contributed by atoms with Gasteiger partial charge in [-0.05, 0) is 31.5 Å². The van der Waals surface area contributed by atoms with E-state index in [4.69, 9.17) is 5.73 Å². The van der Waals surface area contributed by atoms with E-state index in [0.29, 0.717) is 10.0 Å². The van der Waals surface area contributed by atoms with Gasteiger partial charge in [0.2, 0.25) is 0 Å². The standard InChI is InChI=1S/C15H15BrFN/c1-9-6-10(2)8-11(7-9)15(18)14-12(16)4-3-5-13(14)17/h3-8,15H,18H2,1-2H3. The van der Waals surface area contributed by atoms with Gasteiger partial charge in [0.15, 0.2) is 0 Å². The molecule has 2 N–H and O–H groups in total. The maximum absolute atomic E-state index is 13.9. The first-order valence-electron chi connectivity index (χ1n) is 5.76. The second-order valence-electron chi connectivity index (χ2n) is 4.53. The highest BCUT2D eigenvalue weighted by Gasteiger charge is 2.17. The minimum absolute atomic E-state index is 0.281. The number of hydrogen-bond donors (Lipinski definition) is 1. The zero-order chi connectivity index (χ0) is 13.3. The monoisotopic (exact) mass is 307 g/mol. The first kappa shape index (κ1) is 13.2. The summed E-state index contributed by atoms with van der Waals surface area (Å²) < 4.78 is 14.6. The van der Waals surface area contributed by atoms with E-state index >= 15 is 0 Å². The third-order valence-corrected chi connectivity index (χ3v) is 3.61. The Morgan fingerprint density at radius 1 is 1.11 bits per heavy atom. The molecule has 1 unspecified atom stereocenters. The van der Waals surface area contributed by atoms with Crippen molar-refractivity contribution in [3.8, 4) is 0 Å². The van der Waals surface area contributed by atoms with E-state index in [-0.39, 0.29) is 5.82 Å². The number of hydrogen-bond acceptors (Lipinski definition) is 1. The smallest absolute Gasteiger partial charge is 0.129 e. The summed E-state index contributed by atoms with van der Waals surface area (Å²) in [6, 6.07) is 10.5. The Labute approximate surface area is 115 Å². The van der Waals surface area contributed by atoms with Crippen LogP contribution in [0.5, 0.6) is 0 Å². The Hall–Kier alpha value is -1.19. The third-order valence-electron chi connectivity index (χ3n) is 2.91. The van der Waals surface area contributed by atoms with Crippen LogP contribution in [-0.2, 0) is 0 Å². The van der Waals surface area contributed by atoms with Gasteiger partial charge >= 0.3 is 0 Å². The molecule has 0 aliphatic heterocycles. The zero-order valence-corrected chi connectivity index (χ0v) is 12.0. The average Bonchev–Trinajstić information content (AvgIpc) is 2.27. The Kier molecular flexibility index (Phi) is 3.83. The largest absolute Gasteiger partial charge is 0.320 e. The zero-order valence-electron chi connectivity index (χ0n) is 10.4. The molecule has 3 heteroatoms. The molecule has 0 saturated carbocycles. The molecule has 0 fully saturated rings. The quantitative estimate of drug-likeness (QED) is 0.881. The molecule has 2 rings (SSSR count). The summed E-state index contributed by atoms with van der Waals surface area (Å²) in [6.07, 6.45) is 0. The molecule has 2 aromatic carbocycles. The molecule has 0 aliphatic carbocycles. The van der Waals surface area contributed by atoms with Crippen LogP contribution >= 0.6 is 15.9 Å². The molecule has 0 radical (unpaired) electrons. The molecule has 1 nitrogen and oxygen atoms in total. The summed E-state index contributed by atoms with van der Waals surface area (Å²) in [4.78, 5) is 0. The molecule has 0 bridgehead atoms. The van der Waals surface area contributed by atoms with Gasteiger partial charge in [-0.1, -0.05) is 51.3 Å². The first-order valence-corrected chi connectivity index (χ1v) is 6.56. The summed E-state index contributed by atoms with van der Waals surface area (Å²) in [6.45, 7) is 4.03. The lowest BCUT2D eigenvalue weighted by Gasteiger charge is -2.16. The minimum atomic E-state index is -0.459. The number of rotatable bonds is 2. The molecule has 0 spiro atoms. The van der Waals surface area contributed by atoms with Crippen LogP contribution in [0.1, 0.15) is 28.3 Å². The van der Waals surface area contributed by atoms with Crippen LogP contribution in [0.4, 0.5) is 4.39 Å². The van der Waals surface area contributed by atoms with Crippen molar-refractivity contribution in [3.63, 3.8) is 0 Å². The van der Waals surface area contributed by atoms with E-state index in [0.717, 1.165) is 16.7 Å². The van der Waals surface area contributed by atoms with Crippen molar-refractivity contribution in [2.24, 2.45) is 5.73 Å². The Morgan fingerprint density at radius 2 is 1.72 bits per heavy atom. The molecule has 94 valence electrons. The van der Waals surface area contributed by atoms with Gasteiger partial charge in [0.25, 0.3) is 0 Å². The predicted octanol–water partition coefficient (Wildman–Crippen LogP) is 4.25. The van der Waals surface area contributed by atoms with Crippen LogP contribution in [-0.4, -0.2) is 0 Å². The van der Waals surface area contributed by atoms with Crippen LogP contribution in [0.15, 0.2) is 40.9 Å². The fourth-order valence-electron chi connectivity index (χ4n) is 2.16. The van der Waals surface area contributed by atoms with E-state index in [1.54, 1.807) is 12.1 Å². The van der Waals surface area contributed by atoms with Crippen LogP contribution in [0.2, 0.25) is 0 Å². The fourth-order valence-corrected chi connectivity index (χ4v) is 2.75. The molecule has 0 saturated heterocycles. The van der Waals surface area contributed by atoms with Crippen LogP contribution in [0, 0.1) is 19.7 Å². The van der Waals surface area contributed by atoms with Crippen molar-refractivity contribution in [2.45, 2.75) is 19.9 Å². The molecule has 0 aliphatic rings. The highest BCUT2D eigenvalue weighted by molar-refractivity contribution is 9.10. The second-order valence-corrected chi connectivity index (χ2v) is 5.39. The molecular weight excluding hydrogens is 293 g/mol. The number of benzene rings is 2. The Morgan fingerprint density at radius 3 is 2.28 bits per heavy atom. The molecule has 2 aromatic rings. The van der Waals surface area contributed by atoms with Crippen molar-refractivity contribution in [2.75, 3.05) is 0 Å². The Balaban J connectivity index is 2.51. The van der Waals surface area contributed by atoms with Crippen molar-refractivity contribution in [1.82, 2.24) is 0 Å². The SMILES string of the molecule is Cc1cc(C)cc(C(N)c2c(F)cccc2Br)c1. The molecule has 18 heavy (non-hydrogen) atoms. The van der Waals surface area contributed by atoms with Gasteiger partial charge in [0, 0.05) is 10.0 Å². The number of halogens is 2. The van der Waals surface area contributed by atoms with Crippen molar-refractivity contribution in [3.05, 3.63) is 68.9 Å². The molecule has 0 heterocycles. The highest BCUT2D eigenvalue weighted by Crippen LogP contribution is 2.29. The van der Waals surface area contributed by atoms with Crippen molar-refractivity contribution in [1.29, 1.82) is 0 Å².